The van der Waals surface area contributed by atoms with E-state index in [4.69, 9.17) is 5.73 Å². The number of benzene rings is 1. The lowest BCUT2D eigenvalue weighted by Crippen LogP contribution is -2.15. The van der Waals surface area contributed by atoms with Crippen LogP contribution in [0.25, 0.3) is 0 Å². The molecule has 0 bridgehead atoms. The Morgan fingerprint density at radius 1 is 1.29 bits per heavy atom. The van der Waals surface area contributed by atoms with E-state index in [1.165, 1.54) is 13.8 Å². The maximum absolute atomic E-state index is 13.1. The molecule has 78 valence electrons. The normalized spacial score (nSPS) is 13.0. The lowest BCUT2D eigenvalue weighted by molar-refractivity contribution is 0.184. The molecule has 0 spiro atoms. The molecule has 1 aromatic rings. The third kappa shape index (κ3) is 1.76. The molecule has 1 rings (SSSR count). The van der Waals surface area contributed by atoms with Crippen LogP contribution in [0.5, 0.6) is 0 Å². The first kappa shape index (κ1) is 11.1. The highest BCUT2D eigenvalue weighted by Crippen LogP contribution is 2.25. The first-order chi connectivity index (χ1) is 6.49. The molecule has 1 aromatic carbocycles. The molecule has 2 nitrogen and oxygen atoms in total. The number of hydrogen-bond donors (Lipinski definition) is 2. The minimum atomic E-state index is -1.01. The van der Waals surface area contributed by atoms with Gasteiger partial charge >= 0.3 is 0 Å². The van der Waals surface area contributed by atoms with Gasteiger partial charge in [0.1, 0.15) is 11.6 Å². The molecule has 4 heteroatoms. The predicted octanol–water partition coefficient (Wildman–Crippen LogP) is 1.57. The van der Waals surface area contributed by atoms with Gasteiger partial charge in [-0.25, -0.2) is 8.78 Å². The summed E-state index contributed by atoms with van der Waals surface area (Å²) in [6.07, 6.45) is -1.01. The highest BCUT2D eigenvalue weighted by atomic mass is 19.1. The average molecular weight is 201 g/mol. The Morgan fingerprint density at radius 2 is 1.71 bits per heavy atom. The van der Waals surface area contributed by atoms with Crippen molar-refractivity contribution in [1.82, 2.24) is 0 Å². The van der Waals surface area contributed by atoms with Crippen LogP contribution in [-0.2, 0) is 0 Å². The Morgan fingerprint density at radius 3 is 2.07 bits per heavy atom. The molecule has 1 unspecified atom stereocenters. The Hall–Kier alpha value is -1.00. The summed E-state index contributed by atoms with van der Waals surface area (Å²) in [6, 6.07) is 0.817. The van der Waals surface area contributed by atoms with Gasteiger partial charge in [-0.1, -0.05) is 0 Å². The topological polar surface area (TPSA) is 46.2 Å². The summed E-state index contributed by atoms with van der Waals surface area (Å²) >= 11 is 0. The summed E-state index contributed by atoms with van der Waals surface area (Å²) in [5, 5.41) is 9.48. The molecule has 0 aromatic heterocycles. The molecule has 0 aliphatic heterocycles. The lowest BCUT2D eigenvalue weighted by Gasteiger charge is -2.15. The van der Waals surface area contributed by atoms with Gasteiger partial charge in [-0.3, -0.25) is 0 Å². The molecule has 14 heavy (non-hydrogen) atoms. The van der Waals surface area contributed by atoms with E-state index in [0.717, 1.165) is 6.07 Å². The van der Waals surface area contributed by atoms with Crippen molar-refractivity contribution < 1.29 is 13.9 Å². The van der Waals surface area contributed by atoms with Crippen LogP contribution in [0.1, 0.15) is 22.8 Å². The van der Waals surface area contributed by atoms with E-state index in [-0.39, 0.29) is 23.2 Å². The summed E-state index contributed by atoms with van der Waals surface area (Å²) in [7, 11) is 0. The number of nitrogens with two attached hydrogens (primary N) is 1. The van der Waals surface area contributed by atoms with Crippen LogP contribution in [-0.4, -0.2) is 11.7 Å². The third-order valence-electron chi connectivity index (χ3n) is 2.33. The van der Waals surface area contributed by atoms with Gasteiger partial charge in [0.25, 0.3) is 0 Å². The minimum absolute atomic E-state index is 0.0510. The van der Waals surface area contributed by atoms with Crippen LogP contribution in [0, 0.1) is 25.5 Å². The fourth-order valence-electron chi connectivity index (χ4n) is 1.48. The SMILES string of the molecule is Cc1c(F)cc(F)c(C)c1C(O)CN. The first-order valence-electron chi connectivity index (χ1n) is 4.32. The van der Waals surface area contributed by atoms with E-state index in [1.54, 1.807) is 0 Å². The van der Waals surface area contributed by atoms with Crippen LogP contribution in [0.4, 0.5) is 8.78 Å². The maximum Gasteiger partial charge on any atom is 0.129 e. The van der Waals surface area contributed by atoms with Crippen LogP contribution in [0.15, 0.2) is 6.07 Å². The van der Waals surface area contributed by atoms with Crippen LogP contribution < -0.4 is 5.73 Å². The van der Waals surface area contributed by atoms with Gasteiger partial charge in [0.05, 0.1) is 6.10 Å². The minimum Gasteiger partial charge on any atom is -0.387 e. The lowest BCUT2D eigenvalue weighted by atomic mass is 9.97. The van der Waals surface area contributed by atoms with Crippen LogP contribution in [0.3, 0.4) is 0 Å². The summed E-state index contributed by atoms with van der Waals surface area (Å²) in [4.78, 5) is 0. The van der Waals surface area contributed by atoms with E-state index in [2.05, 4.69) is 0 Å². The van der Waals surface area contributed by atoms with Crippen molar-refractivity contribution in [2.24, 2.45) is 5.73 Å². The standard InChI is InChI=1S/C10H13F2NO/c1-5-7(11)3-8(12)6(2)10(5)9(14)4-13/h3,9,14H,4,13H2,1-2H3. The largest absolute Gasteiger partial charge is 0.387 e. The second-order valence-electron chi connectivity index (χ2n) is 3.26. The Labute approximate surface area is 81.4 Å². The fraction of sp³-hybridized carbons (Fsp3) is 0.400. The second kappa shape index (κ2) is 4.02. The van der Waals surface area contributed by atoms with Gasteiger partial charge in [-0.2, -0.15) is 0 Å². The van der Waals surface area contributed by atoms with Gasteiger partial charge < -0.3 is 10.8 Å². The molecule has 0 fully saturated rings. The molecular weight excluding hydrogens is 188 g/mol. The van der Waals surface area contributed by atoms with Crippen molar-refractivity contribution in [1.29, 1.82) is 0 Å². The third-order valence-corrected chi connectivity index (χ3v) is 2.33. The molecule has 0 heterocycles. The average Bonchev–Trinajstić information content (AvgIpc) is 2.15. The van der Waals surface area contributed by atoms with Gasteiger partial charge in [0.2, 0.25) is 0 Å². The van der Waals surface area contributed by atoms with E-state index < -0.39 is 17.7 Å². The molecule has 0 saturated heterocycles. The van der Waals surface area contributed by atoms with Crippen molar-refractivity contribution >= 4 is 0 Å². The molecular formula is C10H13F2NO. The molecule has 0 radical (unpaired) electrons. The predicted molar refractivity (Wildman–Crippen MR) is 49.8 cm³/mol. The second-order valence-corrected chi connectivity index (χ2v) is 3.26. The fourth-order valence-corrected chi connectivity index (χ4v) is 1.48. The van der Waals surface area contributed by atoms with E-state index >= 15 is 0 Å². The highest BCUT2D eigenvalue weighted by Gasteiger charge is 2.17. The van der Waals surface area contributed by atoms with Gasteiger partial charge in [0, 0.05) is 12.6 Å². The van der Waals surface area contributed by atoms with E-state index in [1.807, 2.05) is 0 Å². The Kier molecular flexibility index (Phi) is 3.18. The molecule has 1 atom stereocenters. The zero-order valence-electron chi connectivity index (χ0n) is 8.14. The van der Waals surface area contributed by atoms with Gasteiger partial charge in [-0.15, -0.1) is 0 Å². The number of aliphatic hydroxyl groups is 1. The molecule has 0 saturated carbocycles. The zero-order valence-corrected chi connectivity index (χ0v) is 8.14. The van der Waals surface area contributed by atoms with Crippen LogP contribution in [0.2, 0.25) is 0 Å². The number of rotatable bonds is 2. The van der Waals surface area contributed by atoms with Crippen molar-refractivity contribution in [2.75, 3.05) is 6.54 Å². The molecule has 3 N–H and O–H groups in total. The van der Waals surface area contributed by atoms with Gasteiger partial charge in [-0.05, 0) is 30.5 Å². The van der Waals surface area contributed by atoms with Crippen LogP contribution >= 0.6 is 0 Å². The monoisotopic (exact) mass is 201 g/mol. The van der Waals surface area contributed by atoms with Gasteiger partial charge in [0.15, 0.2) is 0 Å². The van der Waals surface area contributed by atoms with Crippen molar-refractivity contribution in [3.63, 3.8) is 0 Å². The molecule has 0 amide bonds. The van der Waals surface area contributed by atoms with Crippen molar-refractivity contribution in [2.45, 2.75) is 20.0 Å². The summed E-state index contributed by atoms with van der Waals surface area (Å²) in [5.74, 6) is -1.31. The van der Waals surface area contributed by atoms with Crippen molar-refractivity contribution in [3.05, 3.63) is 34.4 Å². The number of aliphatic hydroxyl groups excluding tert-OH is 1. The molecule has 0 aliphatic carbocycles. The number of hydrogen-bond acceptors (Lipinski definition) is 2. The summed E-state index contributed by atoms with van der Waals surface area (Å²) in [6.45, 7) is 2.94. The molecule has 0 aliphatic rings. The summed E-state index contributed by atoms with van der Waals surface area (Å²) < 4.78 is 26.2. The highest BCUT2D eigenvalue weighted by molar-refractivity contribution is 5.37. The quantitative estimate of drug-likeness (QED) is 0.763. The van der Waals surface area contributed by atoms with E-state index in [9.17, 15) is 13.9 Å². The van der Waals surface area contributed by atoms with Crippen molar-refractivity contribution in [3.8, 4) is 0 Å². The summed E-state index contributed by atoms with van der Waals surface area (Å²) in [5.41, 5.74) is 6.01. The van der Waals surface area contributed by atoms with E-state index in [0.29, 0.717) is 0 Å². The smallest absolute Gasteiger partial charge is 0.129 e. The Balaban J connectivity index is 3.39. The first-order valence-corrected chi connectivity index (χ1v) is 4.32. The zero-order chi connectivity index (χ0) is 10.9. The number of halogens is 2. The maximum atomic E-state index is 13.1. The Bertz CT molecular complexity index is 326.